The molecular weight excluding hydrogens is 288 g/mol. The Kier molecular flexibility index (Phi) is 3.42. The number of rotatable bonds is 3. The number of nitrogen functional groups attached to an aromatic ring is 1. The molecule has 0 saturated heterocycles. The zero-order valence-electron chi connectivity index (χ0n) is 12.7. The zero-order valence-corrected chi connectivity index (χ0v) is 12.7. The van der Waals surface area contributed by atoms with Gasteiger partial charge < -0.3 is 11.1 Å². The summed E-state index contributed by atoms with van der Waals surface area (Å²) in [6.45, 7) is 0.995. The van der Waals surface area contributed by atoms with Gasteiger partial charge in [0.25, 0.3) is 0 Å². The van der Waals surface area contributed by atoms with Crippen LogP contribution in [0.2, 0.25) is 0 Å². The van der Waals surface area contributed by atoms with Gasteiger partial charge in [-0.2, -0.15) is 5.10 Å². The monoisotopic (exact) mass is 306 g/mol. The first-order valence-corrected chi connectivity index (χ1v) is 7.80. The highest BCUT2D eigenvalue weighted by Gasteiger charge is 2.17. The van der Waals surface area contributed by atoms with Gasteiger partial charge in [-0.05, 0) is 43.5 Å². The van der Waals surface area contributed by atoms with Crippen molar-refractivity contribution in [3.63, 3.8) is 0 Å². The minimum absolute atomic E-state index is 0.559. The Morgan fingerprint density at radius 1 is 1.17 bits per heavy atom. The molecule has 0 atom stereocenters. The summed E-state index contributed by atoms with van der Waals surface area (Å²) in [6.07, 6.45) is 7.13. The topological polar surface area (TPSA) is 81.6 Å². The molecule has 1 aliphatic rings. The van der Waals surface area contributed by atoms with Crippen molar-refractivity contribution < 1.29 is 0 Å². The van der Waals surface area contributed by atoms with Gasteiger partial charge in [0.1, 0.15) is 0 Å². The number of aromatic nitrogens is 4. The number of fused-ring (bicyclic) bond motifs is 1. The van der Waals surface area contributed by atoms with E-state index in [1.807, 2.05) is 36.5 Å². The van der Waals surface area contributed by atoms with Crippen LogP contribution in [0.5, 0.6) is 0 Å². The van der Waals surface area contributed by atoms with Gasteiger partial charge in [-0.1, -0.05) is 6.07 Å². The molecule has 0 bridgehead atoms. The highest BCUT2D eigenvalue weighted by molar-refractivity contribution is 5.65. The van der Waals surface area contributed by atoms with Crippen molar-refractivity contribution >= 4 is 17.3 Å². The third kappa shape index (κ3) is 2.75. The minimum atomic E-state index is 0.559. The number of nitrogens with zero attached hydrogens (tertiary/aromatic N) is 4. The van der Waals surface area contributed by atoms with Crippen molar-refractivity contribution in [2.75, 3.05) is 11.1 Å². The van der Waals surface area contributed by atoms with E-state index < -0.39 is 0 Å². The molecule has 4 rings (SSSR count). The first-order valence-electron chi connectivity index (χ1n) is 7.80. The summed E-state index contributed by atoms with van der Waals surface area (Å²) in [5.41, 5.74) is 10.6. The molecule has 116 valence electrons. The lowest BCUT2D eigenvalue weighted by Crippen LogP contribution is -2.11. The van der Waals surface area contributed by atoms with E-state index in [0.717, 1.165) is 29.9 Å². The number of anilines is 3. The molecule has 0 unspecified atom stereocenters. The van der Waals surface area contributed by atoms with Gasteiger partial charge in [-0.25, -0.2) is 9.97 Å². The summed E-state index contributed by atoms with van der Waals surface area (Å²) in [6, 6.07) is 9.47. The molecule has 6 nitrogen and oxygen atoms in total. The molecule has 0 spiro atoms. The standard InChI is InChI=1S/C17H18N6/c18-12-4-3-5-13(10-12)21-17-19-8-7-15(22-17)14-11-20-23-9-2-1-6-16(14)23/h3-5,7-8,10-11H,1-2,6,9,18H2,(H,19,21,22). The third-order valence-electron chi connectivity index (χ3n) is 4.06. The molecule has 0 saturated carbocycles. The second-order valence-corrected chi connectivity index (χ2v) is 5.70. The van der Waals surface area contributed by atoms with Gasteiger partial charge in [-0.3, -0.25) is 4.68 Å². The lowest BCUT2D eigenvalue weighted by molar-refractivity contribution is 0.487. The largest absolute Gasteiger partial charge is 0.399 e. The first-order chi connectivity index (χ1) is 11.3. The number of nitrogens with two attached hydrogens (primary N) is 1. The molecular formula is C17H18N6. The Morgan fingerprint density at radius 2 is 2.13 bits per heavy atom. The van der Waals surface area contributed by atoms with Gasteiger partial charge in [0, 0.05) is 35.4 Å². The van der Waals surface area contributed by atoms with Crippen molar-refractivity contribution in [2.24, 2.45) is 0 Å². The quantitative estimate of drug-likeness (QED) is 0.727. The molecule has 0 fully saturated rings. The molecule has 1 aliphatic heterocycles. The van der Waals surface area contributed by atoms with Crippen LogP contribution in [0.15, 0.2) is 42.7 Å². The summed E-state index contributed by atoms with van der Waals surface area (Å²) in [7, 11) is 0. The minimum Gasteiger partial charge on any atom is -0.399 e. The fraction of sp³-hybridized carbons (Fsp3) is 0.235. The fourth-order valence-electron chi connectivity index (χ4n) is 2.95. The average molecular weight is 306 g/mol. The van der Waals surface area contributed by atoms with Crippen LogP contribution in [0.25, 0.3) is 11.3 Å². The summed E-state index contributed by atoms with van der Waals surface area (Å²) in [5, 5.41) is 7.68. The summed E-state index contributed by atoms with van der Waals surface area (Å²) in [5.74, 6) is 0.559. The third-order valence-corrected chi connectivity index (χ3v) is 4.06. The lowest BCUT2D eigenvalue weighted by Gasteiger charge is -2.14. The fourth-order valence-corrected chi connectivity index (χ4v) is 2.95. The molecule has 1 aromatic carbocycles. The molecule has 3 N–H and O–H groups in total. The van der Waals surface area contributed by atoms with Crippen molar-refractivity contribution in [3.05, 3.63) is 48.4 Å². The van der Waals surface area contributed by atoms with E-state index in [0.29, 0.717) is 11.6 Å². The van der Waals surface area contributed by atoms with E-state index in [-0.39, 0.29) is 0 Å². The van der Waals surface area contributed by atoms with Crippen LogP contribution >= 0.6 is 0 Å². The Hall–Kier alpha value is -2.89. The molecule has 0 amide bonds. The Labute approximate surface area is 134 Å². The van der Waals surface area contributed by atoms with Crippen molar-refractivity contribution in [1.29, 1.82) is 0 Å². The Morgan fingerprint density at radius 3 is 3.04 bits per heavy atom. The highest BCUT2D eigenvalue weighted by Crippen LogP contribution is 2.27. The van der Waals surface area contributed by atoms with Crippen LogP contribution in [0.1, 0.15) is 18.5 Å². The molecule has 0 aliphatic carbocycles. The van der Waals surface area contributed by atoms with Crippen LogP contribution in [-0.4, -0.2) is 19.7 Å². The zero-order chi connectivity index (χ0) is 15.6. The second-order valence-electron chi connectivity index (χ2n) is 5.70. The predicted molar refractivity (Wildman–Crippen MR) is 90.3 cm³/mol. The maximum Gasteiger partial charge on any atom is 0.227 e. The van der Waals surface area contributed by atoms with Crippen LogP contribution in [0.4, 0.5) is 17.3 Å². The predicted octanol–water partition coefficient (Wildman–Crippen LogP) is 3.00. The highest BCUT2D eigenvalue weighted by atomic mass is 15.3. The SMILES string of the molecule is Nc1cccc(Nc2nccc(-c3cnn4c3CCCC4)n2)c1. The van der Waals surface area contributed by atoms with E-state index in [1.165, 1.54) is 18.5 Å². The Balaban J connectivity index is 1.65. The van der Waals surface area contributed by atoms with Gasteiger partial charge in [0.15, 0.2) is 0 Å². The van der Waals surface area contributed by atoms with Gasteiger partial charge in [0.2, 0.25) is 5.95 Å². The van der Waals surface area contributed by atoms with E-state index in [1.54, 1.807) is 6.20 Å². The van der Waals surface area contributed by atoms with Gasteiger partial charge in [-0.15, -0.1) is 0 Å². The van der Waals surface area contributed by atoms with Crippen LogP contribution in [0.3, 0.4) is 0 Å². The number of hydrogen-bond acceptors (Lipinski definition) is 5. The van der Waals surface area contributed by atoms with Crippen molar-refractivity contribution in [3.8, 4) is 11.3 Å². The average Bonchev–Trinajstić information content (AvgIpc) is 2.99. The maximum atomic E-state index is 5.80. The second kappa shape index (κ2) is 5.72. The molecule has 23 heavy (non-hydrogen) atoms. The molecule has 3 heterocycles. The van der Waals surface area contributed by atoms with E-state index in [9.17, 15) is 0 Å². The number of nitrogens with one attached hydrogen (secondary N) is 1. The normalized spacial score (nSPS) is 13.6. The lowest BCUT2D eigenvalue weighted by atomic mass is 10.0. The maximum absolute atomic E-state index is 5.80. The molecule has 6 heteroatoms. The smallest absolute Gasteiger partial charge is 0.227 e. The summed E-state index contributed by atoms with van der Waals surface area (Å²) < 4.78 is 2.09. The van der Waals surface area contributed by atoms with Crippen LogP contribution < -0.4 is 11.1 Å². The van der Waals surface area contributed by atoms with Crippen molar-refractivity contribution in [2.45, 2.75) is 25.8 Å². The van der Waals surface area contributed by atoms with Gasteiger partial charge in [0.05, 0.1) is 11.9 Å². The van der Waals surface area contributed by atoms with Gasteiger partial charge >= 0.3 is 0 Å². The first kappa shape index (κ1) is 13.8. The summed E-state index contributed by atoms with van der Waals surface area (Å²) in [4.78, 5) is 8.93. The molecule has 0 radical (unpaired) electrons. The number of hydrogen-bond donors (Lipinski definition) is 2. The number of benzene rings is 1. The molecule has 2 aromatic heterocycles. The van der Waals surface area contributed by atoms with E-state index >= 15 is 0 Å². The van der Waals surface area contributed by atoms with Crippen LogP contribution in [-0.2, 0) is 13.0 Å². The van der Waals surface area contributed by atoms with E-state index in [2.05, 4.69) is 25.1 Å². The van der Waals surface area contributed by atoms with E-state index in [4.69, 9.17) is 5.73 Å². The van der Waals surface area contributed by atoms with Crippen LogP contribution in [0, 0.1) is 0 Å². The molecule has 3 aromatic rings. The Bertz CT molecular complexity index is 839. The summed E-state index contributed by atoms with van der Waals surface area (Å²) >= 11 is 0. The van der Waals surface area contributed by atoms with Crippen molar-refractivity contribution in [1.82, 2.24) is 19.7 Å². The number of aryl methyl sites for hydroxylation is 1.